The van der Waals surface area contributed by atoms with E-state index in [9.17, 15) is 5.11 Å². The molecule has 2 atom stereocenters. The number of hydrogen-bond acceptors (Lipinski definition) is 3. The van der Waals surface area contributed by atoms with Crippen LogP contribution in [0.25, 0.3) is 0 Å². The van der Waals surface area contributed by atoms with Gasteiger partial charge in [0, 0.05) is 23.9 Å². The predicted molar refractivity (Wildman–Crippen MR) is 78.9 cm³/mol. The summed E-state index contributed by atoms with van der Waals surface area (Å²) in [5.74, 6) is 0.398. The van der Waals surface area contributed by atoms with Crippen molar-refractivity contribution in [1.82, 2.24) is 0 Å². The monoisotopic (exact) mass is 263 g/mol. The van der Waals surface area contributed by atoms with E-state index in [-0.39, 0.29) is 5.60 Å². The fraction of sp³-hybridized carbons (Fsp3) is 0.625. The van der Waals surface area contributed by atoms with Gasteiger partial charge in [-0.15, -0.1) is 0 Å². The summed E-state index contributed by atoms with van der Waals surface area (Å²) in [4.78, 5) is 0. The SMILES string of the molecule is CCC1(C)CC(Nc2ccc(C)c(O)c2C)CCO1. The van der Waals surface area contributed by atoms with Crippen molar-refractivity contribution in [1.29, 1.82) is 0 Å². The standard InChI is InChI=1S/C16H25NO2/c1-5-16(4)10-13(8-9-19-16)17-14-7-6-11(2)15(18)12(14)3/h6-7,13,17-18H,5,8-10H2,1-4H3. The average molecular weight is 263 g/mol. The zero-order valence-electron chi connectivity index (χ0n) is 12.4. The highest BCUT2D eigenvalue weighted by atomic mass is 16.5. The lowest BCUT2D eigenvalue weighted by Gasteiger charge is -2.38. The van der Waals surface area contributed by atoms with Gasteiger partial charge in [-0.2, -0.15) is 0 Å². The van der Waals surface area contributed by atoms with Crippen molar-refractivity contribution in [3.63, 3.8) is 0 Å². The molecular formula is C16H25NO2. The second-order valence-corrected chi connectivity index (χ2v) is 5.89. The molecule has 106 valence electrons. The smallest absolute Gasteiger partial charge is 0.123 e. The number of ether oxygens (including phenoxy) is 1. The third-order valence-electron chi connectivity index (χ3n) is 4.34. The third kappa shape index (κ3) is 3.03. The van der Waals surface area contributed by atoms with Crippen molar-refractivity contribution in [3.8, 4) is 5.75 Å². The molecule has 0 aliphatic carbocycles. The van der Waals surface area contributed by atoms with Crippen LogP contribution in [-0.4, -0.2) is 23.4 Å². The zero-order chi connectivity index (χ0) is 14.0. The number of benzene rings is 1. The summed E-state index contributed by atoms with van der Waals surface area (Å²) in [6.07, 6.45) is 3.06. The summed E-state index contributed by atoms with van der Waals surface area (Å²) in [6.45, 7) is 9.04. The van der Waals surface area contributed by atoms with Crippen molar-refractivity contribution in [2.45, 2.75) is 58.6 Å². The molecule has 1 aromatic carbocycles. The van der Waals surface area contributed by atoms with Gasteiger partial charge in [-0.05, 0) is 51.7 Å². The van der Waals surface area contributed by atoms with Gasteiger partial charge in [-0.1, -0.05) is 13.0 Å². The van der Waals surface area contributed by atoms with E-state index in [1.807, 2.05) is 19.9 Å². The van der Waals surface area contributed by atoms with E-state index in [4.69, 9.17) is 4.74 Å². The molecule has 1 aromatic rings. The van der Waals surface area contributed by atoms with Crippen LogP contribution in [0.2, 0.25) is 0 Å². The zero-order valence-corrected chi connectivity index (χ0v) is 12.4. The molecule has 0 bridgehead atoms. The lowest BCUT2D eigenvalue weighted by atomic mass is 9.89. The first kappa shape index (κ1) is 14.2. The lowest BCUT2D eigenvalue weighted by Crippen LogP contribution is -2.41. The summed E-state index contributed by atoms with van der Waals surface area (Å²) in [5.41, 5.74) is 2.88. The van der Waals surface area contributed by atoms with Gasteiger partial charge >= 0.3 is 0 Å². The minimum Gasteiger partial charge on any atom is -0.507 e. The third-order valence-corrected chi connectivity index (χ3v) is 4.34. The first-order chi connectivity index (χ1) is 8.95. The molecule has 3 nitrogen and oxygen atoms in total. The second kappa shape index (κ2) is 5.41. The first-order valence-electron chi connectivity index (χ1n) is 7.15. The van der Waals surface area contributed by atoms with Crippen LogP contribution in [0.5, 0.6) is 5.75 Å². The molecular weight excluding hydrogens is 238 g/mol. The van der Waals surface area contributed by atoms with E-state index < -0.39 is 0 Å². The fourth-order valence-electron chi connectivity index (χ4n) is 2.71. The van der Waals surface area contributed by atoms with Gasteiger partial charge < -0.3 is 15.2 Å². The van der Waals surface area contributed by atoms with Gasteiger partial charge in [0.1, 0.15) is 5.75 Å². The highest BCUT2D eigenvalue weighted by molar-refractivity contribution is 5.59. The van der Waals surface area contributed by atoms with E-state index in [0.29, 0.717) is 11.8 Å². The summed E-state index contributed by atoms with van der Waals surface area (Å²) in [7, 11) is 0. The predicted octanol–water partition coefficient (Wildman–Crippen LogP) is 3.77. The molecule has 3 heteroatoms. The second-order valence-electron chi connectivity index (χ2n) is 5.89. The molecule has 0 spiro atoms. The quantitative estimate of drug-likeness (QED) is 0.872. The molecule has 2 rings (SSSR count). The van der Waals surface area contributed by atoms with Crippen LogP contribution in [-0.2, 0) is 4.74 Å². The Morgan fingerprint density at radius 1 is 1.42 bits per heavy atom. The van der Waals surface area contributed by atoms with Crippen LogP contribution < -0.4 is 5.32 Å². The van der Waals surface area contributed by atoms with Gasteiger partial charge in [0.05, 0.1) is 5.60 Å². The number of aromatic hydroxyl groups is 1. The fourth-order valence-corrected chi connectivity index (χ4v) is 2.71. The maximum absolute atomic E-state index is 10.0. The summed E-state index contributed by atoms with van der Waals surface area (Å²) >= 11 is 0. The topological polar surface area (TPSA) is 41.5 Å². The molecule has 1 aliphatic rings. The number of aryl methyl sites for hydroxylation is 1. The minimum absolute atomic E-state index is 0.0173. The number of phenols is 1. The highest BCUT2D eigenvalue weighted by Gasteiger charge is 2.31. The van der Waals surface area contributed by atoms with Crippen LogP contribution in [0.1, 0.15) is 44.2 Å². The number of nitrogens with one attached hydrogen (secondary N) is 1. The Bertz CT molecular complexity index is 458. The Labute approximate surface area is 116 Å². The number of hydrogen-bond donors (Lipinski definition) is 2. The number of rotatable bonds is 3. The molecule has 1 aliphatic heterocycles. The Morgan fingerprint density at radius 2 is 2.16 bits per heavy atom. The maximum atomic E-state index is 10.0. The van der Waals surface area contributed by atoms with E-state index in [2.05, 4.69) is 25.2 Å². The highest BCUT2D eigenvalue weighted by Crippen LogP contribution is 2.33. The largest absolute Gasteiger partial charge is 0.507 e. The molecule has 2 unspecified atom stereocenters. The van der Waals surface area contributed by atoms with Crippen molar-refractivity contribution in [2.75, 3.05) is 11.9 Å². The first-order valence-corrected chi connectivity index (χ1v) is 7.15. The van der Waals surface area contributed by atoms with Crippen molar-refractivity contribution >= 4 is 5.69 Å². The van der Waals surface area contributed by atoms with Crippen LogP contribution in [0.4, 0.5) is 5.69 Å². The van der Waals surface area contributed by atoms with Gasteiger partial charge in [0.25, 0.3) is 0 Å². The summed E-state index contributed by atoms with van der Waals surface area (Å²) in [6, 6.07) is 4.44. The maximum Gasteiger partial charge on any atom is 0.123 e. The lowest BCUT2D eigenvalue weighted by molar-refractivity contribution is -0.0708. The minimum atomic E-state index is -0.0173. The summed E-state index contributed by atoms with van der Waals surface area (Å²) in [5, 5.41) is 13.6. The molecule has 19 heavy (non-hydrogen) atoms. The molecule has 1 saturated heterocycles. The van der Waals surface area contributed by atoms with Crippen molar-refractivity contribution in [3.05, 3.63) is 23.3 Å². The van der Waals surface area contributed by atoms with E-state index in [1.165, 1.54) is 0 Å². The van der Waals surface area contributed by atoms with E-state index in [0.717, 1.165) is 42.7 Å². The van der Waals surface area contributed by atoms with Crippen molar-refractivity contribution in [2.24, 2.45) is 0 Å². The Morgan fingerprint density at radius 3 is 2.84 bits per heavy atom. The Kier molecular flexibility index (Phi) is 4.04. The van der Waals surface area contributed by atoms with Gasteiger partial charge in [0.2, 0.25) is 0 Å². The molecule has 1 heterocycles. The molecule has 2 N–H and O–H groups in total. The molecule has 0 saturated carbocycles. The average Bonchev–Trinajstić information content (AvgIpc) is 2.40. The van der Waals surface area contributed by atoms with Crippen LogP contribution in [0.15, 0.2) is 12.1 Å². The van der Waals surface area contributed by atoms with Gasteiger partial charge in [-0.3, -0.25) is 0 Å². The van der Waals surface area contributed by atoms with Gasteiger partial charge in [0.15, 0.2) is 0 Å². The molecule has 0 radical (unpaired) electrons. The van der Waals surface area contributed by atoms with Crippen LogP contribution in [0, 0.1) is 13.8 Å². The Balaban J connectivity index is 2.11. The van der Waals surface area contributed by atoms with Gasteiger partial charge in [-0.25, -0.2) is 0 Å². The van der Waals surface area contributed by atoms with Crippen molar-refractivity contribution < 1.29 is 9.84 Å². The molecule has 0 aromatic heterocycles. The normalized spacial score (nSPS) is 27.3. The van der Waals surface area contributed by atoms with E-state index in [1.54, 1.807) is 0 Å². The molecule has 0 amide bonds. The number of phenolic OH excluding ortho intramolecular Hbond substituents is 1. The van der Waals surface area contributed by atoms with Crippen LogP contribution in [0.3, 0.4) is 0 Å². The summed E-state index contributed by atoms with van der Waals surface area (Å²) < 4.78 is 5.87. The number of anilines is 1. The van der Waals surface area contributed by atoms with Crippen LogP contribution >= 0.6 is 0 Å². The Hall–Kier alpha value is -1.22. The van der Waals surface area contributed by atoms with E-state index >= 15 is 0 Å². The molecule has 1 fully saturated rings.